The Morgan fingerprint density at radius 1 is 1.83 bits per heavy atom. The molecule has 1 unspecified atom stereocenters. The zero-order valence-electron chi connectivity index (χ0n) is 6.82. The molecule has 0 saturated carbocycles. The van der Waals surface area contributed by atoms with Gasteiger partial charge in [0.05, 0.1) is 6.26 Å². The molecule has 0 fully saturated rings. The van der Waals surface area contributed by atoms with Gasteiger partial charge in [-0.25, -0.2) is 0 Å². The fourth-order valence-corrected chi connectivity index (χ4v) is 0.684. The predicted octanol–water partition coefficient (Wildman–Crippen LogP) is 0.670. The summed E-state index contributed by atoms with van der Waals surface area (Å²) in [6.45, 7) is 1.88. The number of ether oxygens (including phenoxy) is 1. The summed E-state index contributed by atoms with van der Waals surface area (Å²) in [4.78, 5) is 10.5. The van der Waals surface area contributed by atoms with Crippen molar-refractivity contribution in [3.05, 3.63) is 24.2 Å². The molecule has 0 aliphatic heterocycles. The molecule has 4 nitrogen and oxygen atoms in total. The number of carbonyl (C=O) groups excluding carboxylic acids is 1. The Balaban J connectivity index is 2.31. The summed E-state index contributed by atoms with van der Waals surface area (Å²) in [5.74, 6) is 0.213. The van der Waals surface area contributed by atoms with Gasteiger partial charge in [-0.1, -0.05) is 0 Å². The summed E-state index contributed by atoms with van der Waals surface area (Å²) in [7, 11) is 0. The first-order valence-electron chi connectivity index (χ1n) is 3.63. The summed E-state index contributed by atoms with van der Waals surface area (Å²) >= 11 is 0. The van der Waals surface area contributed by atoms with Gasteiger partial charge in [0.25, 0.3) is 0 Å². The first kappa shape index (κ1) is 8.80. The first-order chi connectivity index (χ1) is 5.70. The van der Waals surface area contributed by atoms with Crippen molar-refractivity contribution in [1.29, 1.82) is 0 Å². The molecule has 0 aliphatic rings. The summed E-state index contributed by atoms with van der Waals surface area (Å²) in [5.41, 5.74) is 4.98. The van der Waals surface area contributed by atoms with Crippen molar-refractivity contribution >= 4 is 5.91 Å². The Kier molecular flexibility index (Phi) is 2.88. The van der Waals surface area contributed by atoms with E-state index in [1.807, 2.05) is 0 Å². The van der Waals surface area contributed by atoms with E-state index in [2.05, 4.69) is 0 Å². The molecular weight excluding hydrogens is 158 g/mol. The molecule has 66 valence electrons. The van der Waals surface area contributed by atoms with Crippen LogP contribution in [0.1, 0.15) is 12.7 Å². The van der Waals surface area contributed by atoms with Crippen LogP contribution in [0.2, 0.25) is 0 Å². The van der Waals surface area contributed by atoms with E-state index in [9.17, 15) is 4.79 Å². The van der Waals surface area contributed by atoms with Crippen LogP contribution in [0.5, 0.6) is 0 Å². The van der Waals surface area contributed by atoms with Crippen LogP contribution in [0.25, 0.3) is 0 Å². The molecular formula is C8H11NO3. The van der Waals surface area contributed by atoms with Crippen molar-refractivity contribution in [1.82, 2.24) is 0 Å². The standard InChI is InChI=1S/C8H11NO3/c1-6(8(9)10)12-5-7-3-2-4-11-7/h2-4,6H,5H2,1H3,(H2,9,10). The van der Waals surface area contributed by atoms with Crippen molar-refractivity contribution in [2.24, 2.45) is 5.73 Å². The molecule has 12 heavy (non-hydrogen) atoms. The van der Waals surface area contributed by atoms with Crippen molar-refractivity contribution in [2.45, 2.75) is 19.6 Å². The van der Waals surface area contributed by atoms with Gasteiger partial charge in [-0.15, -0.1) is 0 Å². The predicted molar refractivity (Wildman–Crippen MR) is 42.2 cm³/mol. The summed E-state index contributed by atoms with van der Waals surface area (Å²) < 4.78 is 10.1. The number of rotatable bonds is 4. The SMILES string of the molecule is CC(OCc1ccco1)C(N)=O. The largest absolute Gasteiger partial charge is 0.467 e. The van der Waals surface area contributed by atoms with Gasteiger partial charge in [-0.2, -0.15) is 0 Å². The van der Waals surface area contributed by atoms with Gasteiger partial charge in [-0.3, -0.25) is 4.79 Å². The minimum absolute atomic E-state index is 0.275. The maximum Gasteiger partial charge on any atom is 0.246 e. The lowest BCUT2D eigenvalue weighted by Gasteiger charge is -2.06. The van der Waals surface area contributed by atoms with Crippen LogP contribution in [0.15, 0.2) is 22.8 Å². The van der Waals surface area contributed by atoms with Crippen LogP contribution >= 0.6 is 0 Å². The number of furan rings is 1. The van der Waals surface area contributed by atoms with E-state index in [0.29, 0.717) is 5.76 Å². The van der Waals surface area contributed by atoms with Gasteiger partial charge in [0, 0.05) is 0 Å². The first-order valence-corrected chi connectivity index (χ1v) is 3.63. The smallest absolute Gasteiger partial charge is 0.246 e. The van der Waals surface area contributed by atoms with Gasteiger partial charge in [-0.05, 0) is 19.1 Å². The third-order valence-corrected chi connectivity index (χ3v) is 1.46. The van der Waals surface area contributed by atoms with Crippen LogP contribution < -0.4 is 5.73 Å². The van der Waals surface area contributed by atoms with E-state index in [-0.39, 0.29) is 6.61 Å². The van der Waals surface area contributed by atoms with Gasteiger partial charge < -0.3 is 14.9 Å². The molecule has 0 saturated heterocycles. The second kappa shape index (κ2) is 3.92. The topological polar surface area (TPSA) is 65.5 Å². The molecule has 0 radical (unpaired) electrons. The van der Waals surface area contributed by atoms with Crippen molar-refractivity contribution in [3.8, 4) is 0 Å². The second-order valence-electron chi connectivity index (χ2n) is 2.43. The van der Waals surface area contributed by atoms with Crippen LogP contribution in [-0.4, -0.2) is 12.0 Å². The fraction of sp³-hybridized carbons (Fsp3) is 0.375. The van der Waals surface area contributed by atoms with E-state index in [1.54, 1.807) is 25.3 Å². The molecule has 1 heterocycles. The Bertz CT molecular complexity index is 243. The average Bonchev–Trinajstić information content (AvgIpc) is 2.51. The third kappa shape index (κ3) is 2.39. The molecule has 1 atom stereocenters. The zero-order chi connectivity index (χ0) is 8.97. The highest BCUT2D eigenvalue weighted by molar-refractivity contribution is 5.78. The van der Waals surface area contributed by atoms with E-state index in [4.69, 9.17) is 14.9 Å². The lowest BCUT2D eigenvalue weighted by atomic mass is 10.4. The average molecular weight is 169 g/mol. The molecule has 1 aromatic rings. The molecule has 1 aromatic heterocycles. The minimum atomic E-state index is -0.574. The highest BCUT2D eigenvalue weighted by Gasteiger charge is 2.08. The van der Waals surface area contributed by atoms with E-state index < -0.39 is 12.0 Å². The van der Waals surface area contributed by atoms with Crippen molar-refractivity contribution in [2.75, 3.05) is 0 Å². The van der Waals surface area contributed by atoms with E-state index in [0.717, 1.165) is 0 Å². The van der Waals surface area contributed by atoms with Gasteiger partial charge >= 0.3 is 0 Å². The summed E-state index contributed by atoms with van der Waals surface area (Å²) in [6.07, 6.45) is 0.975. The van der Waals surface area contributed by atoms with Gasteiger partial charge in [0.15, 0.2) is 0 Å². The maximum absolute atomic E-state index is 10.5. The summed E-state index contributed by atoms with van der Waals surface area (Å²) in [6, 6.07) is 3.53. The second-order valence-corrected chi connectivity index (χ2v) is 2.43. The molecule has 2 N–H and O–H groups in total. The number of nitrogens with two attached hydrogens (primary N) is 1. The van der Waals surface area contributed by atoms with Crippen LogP contribution in [-0.2, 0) is 16.1 Å². The fourth-order valence-electron chi connectivity index (χ4n) is 0.684. The van der Waals surface area contributed by atoms with Crippen LogP contribution in [0.3, 0.4) is 0 Å². The highest BCUT2D eigenvalue weighted by Crippen LogP contribution is 2.03. The molecule has 1 amide bonds. The Hall–Kier alpha value is -1.29. The lowest BCUT2D eigenvalue weighted by molar-refractivity contribution is -0.129. The number of carbonyl (C=O) groups is 1. The van der Waals surface area contributed by atoms with Crippen molar-refractivity contribution in [3.63, 3.8) is 0 Å². The number of hydrogen-bond donors (Lipinski definition) is 1. The quantitative estimate of drug-likeness (QED) is 0.720. The Morgan fingerprint density at radius 2 is 2.58 bits per heavy atom. The molecule has 0 aromatic carbocycles. The summed E-state index contributed by atoms with van der Waals surface area (Å²) in [5, 5.41) is 0. The van der Waals surface area contributed by atoms with Crippen LogP contribution in [0, 0.1) is 0 Å². The number of amides is 1. The normalized spacial score (nSPS) is 12.8. The number of hydrogen-bond acceptors (Lipinski definition) is 3. The third-order valence-electron chi connectivity index (χ3n) is 1.46. The van der Waals surface area contributed by atoms with Gasteiger partial charge in [0.2, 0.25) is 5.91 Å². The van der Waals surface area contributed by atoms with E-state index >= 15 is 0 Å². The minimum Gasteiger partial charge on any atom is -0.467 e. The molecule has 0 aliphatic carbocycles. The van der Waals surface area contributed by atoms with Gasteiger partial charge in [0.1, 0.15) is 18.5 Å². The molecule has 0 spiro atoms. The van der Waals surface area contributed by atoms with Crippen molar-refractivity contribution < 1.29 is 13.9 Å². The maximum atomic E-state index is 10.5. The number of primary amides is 1. The Morgan fingerprint density at radius 3 is 3.08 bits per heavy atom. The molecule has 4 heteroatoms. The van der Waals surface area contributed by atoms with E-state index in [1.165, 1.54) is 0 Å². The monoisotopic (exact) mass is 169 g/mol. The molecule has 0 bridgehead atoms. The molecule has 1 rings (SSSR count). The zero-order valence-corrected chi connectivity index (χ0v) is 6.82. The highest BCUT2D eigenvalue weighted by atomic mass is 16.5. The van der Waals surface area contributed by atoms with Crippen LogP contribution in [0.4, 0.5) is 0 Å². The Labute approximate surface area is 70.3 Å². The lowest BCUT2D eigenvalue weighted by Crippen LogP contribution is -2.27.